The lowest BCUT2D eigenvalue weighted by molar-refractivity contribution is -0.133. The fourth-order valence-electron chi connectivity index (χ4n) is 2.67. The van der Waals surface area contributed by atoms with Crippen molar-refractivity contribution >= 4 is 23.1 Å². The smallest absolute Gasteiger partial charge is 0.222 e. The summed E-state index contributed by atoms with van der Waals surface area (Å²) in [6.07, 6.45) is 7.66. The predicted molar refractivity (Wildman–Crippen MR) is 79.4 cm³/mol. The summed E-state index contributed by atoms with van der Waals surface area (Å²) >= 11 is 4.88. The third-order valence-electron chi connectivity index (χ3n) is 3.78. The van der Waals surface area contributed by atoms with Crippen molar-refractivity contribution < 1.29 is 4.79 Å². The van der Waals surface area contributed by atoms with Gasteiger partial charge < -0.3 is 10.6 Å². The number of thiocarbonyl (C=S) groups is 1. The number of nitrogens with zero attached hydrogens (tertiary/aromatic N) is 1. The number of carbonyl (C=O) groups excluding carboxylic acids is 1. The summed E-state index contributed by atoms with van der Waals surface area (Å²) in [5, 5.41) is 0. The Bertz CT molecular complexity index is 286. The molecule has 0 aromatic carbocycles. The Labute approximate surface area is 116 Å². The maximum absolute atomic E-state index is 12.2. The van der Waals surface area contributed by atoms with Crippen LogP contribution in [0.2, 0.25) is 0 Å². The minimum Gasteiger partial charge on any atom is -0.393 e. The van der Waals surface area contributed by atoms with Crippen LogP contribution in [-0.2, 0) is 4.79 Å². The van der Waals surface area contributed by atoms with Crippen LogP contribution in [0, 0.1) is 5.92 Å². The van der Waals surface area contributed by atoms with Crippen LogP contribution >= 0.6 is 12.2 Å². The standard InChI is InChI=1S/C14H26N2OS/c1-11(2)16(10-9-13(15)18)14(17)8-7-12-5-3-4-6-12/h11-12H,3-10H2,1-2H3,(H2,15,18). The fourth-order valence-corrected chi connectivity index (χ4v) is 2.76. The SMILES string of the molecule is CC(C)N(CCC(N)=S)C(=O)CCC1CCCC1. The van der Waals surface area contributed by atoms with Crippen molar-refractivity contribution in [2.45, 2.75) is 64.8 Å². The molecule has 18 heavy (non-hydrogen) atoms. The first-order chi connectivity index (χ1) is 8.50. The van der Waals surface area contributed by atoms with Gasteiger partial charge in [-0.25, -0.2) is 0 Å². The van der Waals surface area contributed by atoms with Gasteiger partial charge in [-0.1, -0.05) is 37.9 Å². The molecule has 4 heteroatoms. The van der Waals surface area contributed by atoms with Crippen LogP contribution in [0.5, 0.6) is 0 Å². The third-order valence-corrected chi connectivity index (χ3v) is 3.99. The highest BCUT2D eigenvalue weighted by Crippen LogP contribution is 2.28. The number of rotatable bonds is 7. The number of nitrogens with two attached hydrogens (primary N) is 1. The summed E-state index contributed by atoms with van der Waals surface area (Å²) in [6.45, 7) is 4.76. The van der Waals surface area contributed by atoms with Crippen molar-refractivity contribution in [2.75, 3.05) is 6.54 Å². The van der Waals surface area contributed by atoms with E-state index < -0.39 is 0 Å². The quantitative estimate of drug-likeness (QED) is 0.724. The zero-order chi connectivity index (χ0) is 13.5. The Kier molecular flexibility index (Phi) is 6.61. The van der Waals surface area contributed by atoms with Crippen molar-refractivity contribution in [2.24, 2.45) is 11.7 Å². The van der Waals surface area contributed by atoms with Gasteiger partial charge in [0.25, 0.3) is 0 Å². The molecule has 0 atom stereocenters. The molecule has 0 unspecified atom stereocenters. The summed E-state index contributed by atoms with van der Waals surface area (Å²) in [6, 6.07) is 0.232. The van der Waals surface area contributed by atoms with Crippen LogP contribution in [0.4, 0.5) is 0 Å². The van der Waals surface area contributed by atoms with Gasteiger partial charge in [0.2, 0.25) is 5.91 Å². The van der Waals surface area contributed by atoms with Crippen LogP contribution < -0.4 is 5.73 Å². The summed E-state index contributed by atoms with van der Waals surface area (Å²) in [4.78, 5) is 14.6. The minimum atomic E-state index is 0.232. The molecular weight excluding hydrogens is 244 g/mol. The normalized spacial score (nSPS) is 16.2. The average Bonchev–Trinajstić information content (AvgIpc) is 2.78. The molecule has 0 heterocycles. The molecular formula is C14H26N2OS. The summed E-state index contributed by atoms with van der Waals surface area (Å²) in [5.41, 5.74) is 5.51. The molecule has 0 aromatic rings. The average molecular weight is 270 g/mol. The van der Waals surface area contributed by atoms with E-state index in [1.54, 1.807) is 0 Å². The highest BCUT2D eigenvalue weighted by atomic mass is 32.1. The van der Waals surface area contributed by atoms with E-state index in [0.717, 1.165) is 12.3 Å². The molecule has 1 saturated carbocycles. The largest absolute Gasteiger partial charge is 0.393 e. The second-order valence-electron chi connectivity index (χ2n) is 5.59. The highest BCUT2D eigenvalue weighted by Gasteiger charge is 2.20. The van der Waals surface area contributed by atoms with E-state index in [0.29, 0.717) is 24.4 Å². The molecule has 0 bridgehead atoms. The van der Waals surface area contributed by atoms with Crippen LogP contribution in [0.15, 0.2) is 0 Å². The van der Waals surface area contributed by atoms with Gasteiger partial charge in [-0.15, -0.1) is 0 Å². The van der Waals surface area contributed by atoms with Crippen LogP contribution in [0.3, 0.4) is 0 Å². The Hall–Kier alpha value is -0.640. The maximum atomic E-state index is 12.2. The Balaban J connectivity index is 2.35. The lowest BCUT2D eigenvalue weighted by atomic mass is 10.0. The van der Waals surface area contributed by atoms with Gasteiger partial charge in [-0.2, -0.15) is 0 Å². The summed E-state index contributed by atoms with van der Waals surface area (Å²) in [7, 11) is 0. The molecule has 0 aromatic heterocycles. The van der Waals surface area contributed by atoms with Gasteiger partial charge in [0.05, 0.1) is 4.99 Å². The van der Waals surface area contributed by atoms with Gasteiger partial charge in [0, 0.05) is 25.4 Å². The molecule has 0 radical (unpaired) electrons. The molecule has 3 nitrogen and oxygen atoms in total. The molecule has 2 N–H and O–H groups in total. The van der Waals surface area contributed by atoms with Gasteiger partial charge >= 0.3 is 0 Å². The second kappa shape index (κ2) is 7.72. The Morgan fingerprint density at radius 3 is 2.44 bits per heavy atom. The molecule has 1 fully saturated rings. The summed E-state index contributed by atoms with van der Waals surface area (Å²) < 4.78 is 0. The number of amides is 1. The van der Waals surface area contributed by atoms with Crippen molar-refractivity contribution in [3.05, 3.63) is 0 Å². The topological polar surface area (TPSA) is 46.3 Å². The molecule has 1 amide bonds. The molecule has 0 aliphatic heterocycles. The zero-order valence-electron chi connectivity index (χ0n) is 11.7. The van der Waals surface area contributed by atoms with E-state index in [-0.39, 0.29) is 11.9 Å². The van der Waals surface area contributed by atoms with Gasteiger partial charge in [-0.3, -0.25) is 4.79 Å². The maximum Gasteiger partial charge on any atom is 0.222 e. The minimum absolute atomic E-state index is 0.232. The zero-order valence-corrected chi connectivity index (χ0v) is 12.5. The van der Waals surface area contributed by atoms with Crippen molar-refractivity contribution in [1.82, 2.24) is 4.90 Å². The van der Waals surface area contributed by atoms with E-state index in [2.05, 4.69) is 0 Å². The second-order valence-corrected chi connectivity index (χ2v) is 6.11. The Morgan fingerprint density at radius 1 is 1.33 bits per heavy atom. The fraction of sp³-hybridized carbons (Fsp3) is 0.857. The Morgan fingerprint density at radius 2 is 1.94 bits per heavy atom. The van der Waals surface area contributed by atoms with Gasteiger partial charge in [0.1, 0.15) is 0 Å². The van der Waals surface area contributed by atoms with Crippen LogP contribution in [-0.4, -0.2) is 28.4 Å². The van der Waals surface area contributed by atoms with E-state index >= 15 is 0 Å². The lowest BCUT2D eigenvalue weighted by Gasteiger charge is -2.27. The van der Waals surface area contributed by atoms with Gasteiger partial charge in [0.15, 0.2) is 0 Å². The van der Waals surface area contributed by atoms with E-state index in [1.165, 1.54) is 25.7 Å². The van der Waals surface area contributed by atoms with E-state index in [4.69, 9.17) is 18.0 Å². The molecule has 1 rings (SSSR count). The number of carbonyl (C=O) groups is 1. The van der Waals surface area contributed by atoms with Crippen molar-refractivity contribution in [3.63, 3.8) is 0 Å². The lowest BCUT2D eigenvalue weighted by Crippen LogP contribution is -2.39. The number of hydrogen-bond donors (Lipinski definition) is 1. The van der Waals surface area contributed by atoms with Gasteiger partial charge in [-0.05, 0) is 26.2 Å². The van der Waals surface area contributed by atoms with Crippen LogP contribution in [0.25, 0.3) is 0 Å². The van der Waals surface area contributed by atoms with E-state index in [9.17, 15) is 4.79 Å². The van der Waals surface area contributed by atoms with Crippen LogP contribution in [0.1, 0.15) is 58.8 Å². The molecule has 1 aliphatic rings. The first-order valence-corrected chi connectivity index (χ1v) is 7.49. The van der Waals surface area contributed by atoms with E-state index in [1.807, 2.05) is 18.7 Å². The van der Waals surface area contributed by atoms with Crippen molar-refractivity contribution in [3.8, 4) is 0 Å². The number of hydrogen-bond acceptors (Lipinski definition) is 2. The highest BCUT2D eigenvalue weighted by molar-refractivity contribution is 7.80. The molecule has 0 spiro atoms. The molecule has 1 aliphatic carbocycles. The first kappa shape index (κ1) is 15.4. The predicted octanol–water partition coefficient (Wildman–Crippen LogP) is 2.87. The third kappa shape index (κ3) is 5.34. The summed E-state index contributed by atoms with van der Waals surface area (Å²) in [5.74, 6) is 1.03. The monoisotopic (exact) mass is 270 g/mol. The molecule has 0 saturated heterocycles. The first-order valence-electron chi connectivity index (χ1n) is 7.08. The van der Waals surface area contributed by atoms with Crippen molar-refractivity contribution in [1.29, 1.82) is 0 Å². The molecule has 104 valence electrons.